The van der Waals surface area contributed by atoms with Crippen LogP contribution in [0.3, 0.4) is 0 Å². The average molecular weight is 259 g/mol. The Hall–Kier alpha value is -1.07. The van der Waals surface area contributed by atoms with Crippen molar-refractivity contribution in [1.82, 2.24) is 0 Å². The largest absolute Gasteiger partial charge is 0.318 e. The van der Waals surface area contributed by atoms with Crippen LogP contribution in [0.25, 0.3) is 0 Å². The summed E-state index contributed by atoms with van der Waals surface area (Å²) in [5.41, 5.74) is 2.26. The lowest BCUT2D eigenvalue weighted by molar-refractivity contribution is 0.596. The summed E-state index contributed by atoms with van der Waals surface area (Å²) in [7, 11) is -1.96. The van der Waals surface area contributed by atoms with Crippen LogP contribution in [0.1, 0.15) is 11.1 Å². The number of anilines is 1. The number of aryl methyl sites for hydroxylation is 2. The molecule has 0 N–H and O–H groups in total. The molecule has 2 rings (SSSR count). The van der Waals surface area contributed by atoms with Gasteiger partial charge in [0.1, 0.15) is 4.90 Å². The Morgan fingerprint density at radius 1 is 1.31 bits per heavy atom. The first-order valence-corrected chi connectivity index (χ1v) is 6.50. The smallest absolute Gasteiger partial charge is 0.287 e. The van der Waals surface area contributed by atoms with Gasteiger partial charge in [-0.15, -0.1) is 4.40 Å². The van der Waals surface area contributed by atoms with Gasteiger partial charge in [0.2, 0.25) is 5.29 Å². The highest BCUT2D eigenvalue weighted by molar-refractivity contribution is 7.90. The summed E-state index contributed by atoms with van der Waals surface area (Å²) in [5, 5.41) is -0.0301. The number of hydrogen-bond acceptors (Lipinski definition) is 3. The predicted molar refractivity (Wildman–Crippen MR) is 64.8 cm³/mol. The molecule has 0 fully saturated rings. The molecular weight excluding hydrogens is 248 g/mol. The zero-order valence-electron chi connectivity index (χ0n) is 9.15. The Kier molecular flexibility index (Phi) is 2.47. The number of hydrogen-bond donors (Lipinski definition) is 0. The van der Waals surface area contributed by atoms with Crippen LogP contribution < -0.4 is 4.90 Å². The van der Waals surface area contributed by atoms with E-state index in [0.29, 0.717) is 11.3 Å². The van der Waals surface area contributed by atoms with Crippen molar-refractivity contribution in [3.63, 3.8) is 0 Å². The molecule has 0 amide bonds. The van der Waals surface area contributed by atoms with E-state index in [1.165, 1.54) is 0 Å². The number of fused-ring (bicyclic) bond motifs is 1. The van der Waals surface area contributed by atoms with Crippen molar-refractivity contribution in [2.45, 2.75) is 18.7 Å². The molecule has 1 aromatic rings. The summed E-state index contributed by atoms with van der Waals surface area (Å²) in [6.07, 6.45) is 0. The van der Waals surface area contributed by atoms with Gasteiger partial charge in [0, 0.05) is 7.05 Å². The molecule has 1 aliphatic heterocycles. The number of amidine groups is 1. The fourth-order valence-corrected chi connectivity index (χ4v) is 3.52. The molecule has 0 radical (unpaired) electrons. The van der Waals surface area contributed by atoms with Crippen LogP contribution in [-0.4, -0.2) is 20.8 Å². The summed E-state index contributed by atoms with van der Waals surface area (Å²) in [4.78, 5) is 1.81. The van der Waals surface area contributed by atoms with Gasteiger partial charge in [-0.05, 0) is 42.6 Å². The highest BCUT2D eigenvalue weighted by Crippen LogP contribution is 2.34. The van der Waals surface area contributed by atoms with E-state index >= 15 is 0 Å². The van der Waals surface area contributed by atoms with E-state index in [-0.39, 0.29) is 10.2 Å². The lowest BCUT2D eigenvalue weighted by Crippen LogP contribution is -2.29. The third-order valence-electron chi connectivity index (χ3n) is 2.49. The molecule has 0 atom stereocenters. The summed E-state index contributed by atoms with van der Waals surface area (Å²) in [6.45, 7) is 3.67. The van der Waals surface area contributed by atoms with Crippen LogP contribution in [0.15, 0.2) is 21.4 Å². The Morgan fingerprint density at radius 2 is 1.94 bits per heavy atom. The van der Waals surface area contributed by atoms with Crippen LogP contribution in [-0.2, 0) is 10.0 Å². The van der Waals surface area contributed by atoms with Gasteiger partial charge in [-0.3, -0.25) is 0 Å². The van der Waals surface area contributed by atoms with Crippen LogP contribution in [0, 0.1) is 13.8 Å². The first-order valence-electron chi connectivity index (χ1n) is 4.68. The van der Waals surface area contributed by atoms with E-state index in [2.05, 4.69) is 4.40 Å². The maximum absolute atomic E-state index is 11.9. The highest BCUT2D eigenvalue weighted by atomic mass is 35.5. The fourth-order valence-electron chi connectivity index (χ4n) is 1.82. The second kappa shape index (κ2) is 3.46. The van der Waals surface area contributed by atoms with Gasteiger partial charge in [-0.25, -0.2) is 0 Å². The zero-order chi connectivity index (χ0) is 12.1. The molecule has 0 bridgehead atoms. The summed E-state index contributed by atoms with van der Waals surface area (Å²) in [6, 6.07) is 3.61. The van der Waals surface area contributed by atoms with Crippen molar-refractivity contribution in [2.24, 2.45) is 4.40 Å². The van der Waals surface area contributed by atoms with E-state index < -0.39 is 10.0 Å². The summed E-state index contributed by atoms with van der Waals surface area (Å²) >= 11 is 5.78. The van der Waals surface area contributed by atoms with Crippen molar-refractivity contribution in [3.8, 4) is 0 Å². The molecule has 0 saturated carbocycles. The van der Waals surface area contributed by atoms with Gasteiger partial charge in [-0.2, -0.15) is 8.42 Å². The molecule has 1 heterocycles. The van der Waals surface area contributed by atoms with E-state index in [1.807, 2.05) is 13.0 Å². The minimum absolute atomic E-state index is 0.0301. The van der Waals surface area contributed by atoms with Gasteiger partial charge in [0.05, 0.1) is 5.69 Å². The van der Waals surface area contributed by atoms with Crippen LogP contribution in [0.5, 0.6) is 0 Å². The molecule has 0 aliphatic carbocycles. The molecule has 0 saturated heterocycles. The Balaban J connectivity index is 2.86. The van der Waals surface area contributed by atoms with E-state index in [4.69, 9.17) is 11.6 Å². The number of benzene rings is 1. The Bertz CT molecular complexity index is 593. The molecule has 1 aliphatic rings. The zero-order valence-corrected chi connectivity index (χ0v) is 10.7. The molecular formula is C10H11ClN2O2S. The standard InChI is InChI=1S/C10H11ClN2O2S/c1-6-4-7(2)9-8(5-6)13(3)10(11)12-16(9,14)15/h4-5H,1-3H3. The molecule has 0 spiro atoms. The molecule has 86 valence electrons. The number of sulfonamides is 1. The lowest BCUT2D eigenvalue weighted by atomic mass is 10.1. The molecule has 0 unspecified atom stereocenters. The molecule has 0 aromatic heterocycles. The van der Waals surface area contributed by atoms with Crippen molar-refractivity contribution in [2.75, 3.05) is 11.9 Å². The third kappa shape index (κ3) is 1.60. The quantitative estimate of drug-likeness (QED) is 0.669. The molecule has 4 nitrogen and oxygen atoms in total. The molecule has 16 heavy (non-hydrogen) atoms. The first-order chi connectivity index (χ1) is 7.33. The number of nitrogens with zero attached hydrogens (tertiary/aromatic N) is 2. The van der Waals surface area contributed by atoms with Crippen LogP contribution in [0.4, 0.5) is 5.69 Å². The molecule has 6 heteroatoms. The van der Waals surface area contributed by atoms with E-state index in [9.17, 15) is 8.42 Å². The fraction of sp³-hybridized carbons (Fsp3) is 0.300. The Labute approximate surface area is 99.6 Å². The lowest BCUT2D eigenvalue weighted by Gasteiger charge is -2.25. The van der Waals surface area contributed by atoms with Crippen molar-refractivity contribution < 1.29 is 8.42 Å². The maximum atomic E-state index is 11.9. The SMILES string of the molecule is Cc1cc(C)c2c(c1)N(C)C(Cl)=NS2(=O)=O. The second-order valence-corrected chi connectivity index (χ2v) is 5.70. The topological polar surface area (TPSA) is 49.7 Å². The van der Waals surface area contributed by atoms with Gasteiger partial charge in [0.25, 0.3) is 10.0 Å². The Morgan fingerprint density at radius 3 is 2.56 bits per heavy atom. The van der Waals surface area contributed by atoms with Crippen molar-refractivity contribution >= 4 is 32.6 Å². The highest BCUT2D eigenvalue weighted by Gasteiger charge is 2.29. The van der Waals surface area contributed by atoms with Crippen LogP contribution >= 0.6 is 11.6 Å². The van der Waals surface area contributed by atoms with E-state index in [0.717, 1.165) is 5.56 Å². The summed E-state index contributed by atoms with van der Waals surface area (Å²) in [5.74, 6) is 0. The number of halogens is 1. The minimum Gasteiger partial charge on any atom is -0.318 e. The van der Waals surface area contributed by atoms with Gasteiger partial charge in [-0.1, -0.05) is 6.07 Å². The second-order valence-electron chi connectivity index (χ2n) is 3.82. The van der Waals surface area contributed by atoms with Gasteiger partial charge >= 0.3 is 0 Å². The normalized spacial score (nSPS) is 18.0. The number of rotatable bonds is 0. The van der Waals surface area contributed by atoms with Crippen LogP contribution in [0.2, 0.25) is 0 Å². The van der Waals surface area contributed by atoms with Gasteiger partial charge < -0.3 is 4.90 Å². The minimum atomic E-state index is -3.66. The summed E-state index contributed by atoms with van der Waals surface area (Å²) < 4.78 is 27.2. The average Bonchev–Trinajstić information content (AvgIpc) is 2.11. The monoisotopic (exact) mass is 258 g/mol. The third-order valence-corrected chi connectivity index (χ3v) is 4.39. The first kappa shape index (κ1) is 11.4. The van der Waals surface area contributed by atoms with Crippen molar-refractivity contribution in [3.05, 3.63) is 23.3 Å². The van der Waals surface area contributed by atoms with E-state index in [1.54, 1.807) is 24.9 Å². The van der Waals surface area contributed by atoms with Crippen molar-refractivity contribution in [1.29, 1.82) is 0 Å². The van der Waals surface area contributed by atoms with Gasteiger partial charge in [0.15, 0.2) is 0 Å². The maximum Gasteiger partial charge on any atom is 0.287 e. The predicted octanol–water partition coefficient (Wildman–Crippen LogP) is 2.04. The molecule has 1 aromatic carbocycles.